The van der Waals surface area contributed by atoms with Crippen LogP contribution in [0.2, 0.25) is 0 Å². The third-order valence-corrected chi connectivity index (χ3v) is 4.09. The Morgan fingerprint density at radius 3 is 2.85 bits per heavy atom. The minimum absolute atomic E-state index is 0.0937. The van der Waals surface area contributed by atoms with Gasteiger partial charge in [0.05, 0.1) is 17.6 Å². The maximum absolute atomic E-state index is 4.75. The number of anilines is 1. The van der Waals surface area contributed by atoms with Crippen LogP contribution in [0.1, 0.15) is 12.6 Å². The molecule has 0 aromatic carbocycles. The highest BCUT2D eigenvalue weighted by Gasteiger charge is 2.17. The van der Waals surface area contributed by atoms with E-state index in [2.05, 4.69) is 32.4 Å². The first-order chi connectivity index (χ1) is 12.6. The first kappa shape index (κ1) is 16.1. The Morgan fingerprint density at radius 2 is 2.12 bits per heavy atom. The summed E-state index contributed by atoms with van der Waals surface area (Å²) in [6, 6.07) is 3.91. The van der Waals surface area contributed by atoms with Crippen molar-refractivity contribution >= 4 is 16.9 Å². The van der Waals surface area contributed by atoms with Crippen molar-refractivity contribution in [2.24, 2.45) is 7.05 Å². The summed E-state index contributed by atoms with van der Waals surface area (Å²) in [5.41, 5.74) is 2.53. The smallest absolute Gasteiger partial charge is 0.165 e. The van der Waals surface area contributed by atoms with Gasteiger partial charge in [-0.2, -0.15) is 10.2 Å². The van der Waals surface area contributed by atoms with Gasteiger partial charge in [0, 0.05) is 31.0 Å². The van der Waals surface area contributed by atoms with E-state index in [9.17, 15) is 0 Å². The van der Waals surface area contributed by atoms with Crippen molar-refractivity contribution in [1.82, 2.24) is 39.5 Å². The Kier molecular flexibility index (Phi) is 4.04. The van der Waals surface area contributed by atoms with Crippen LogP contribution < -0.4 is 5.32 Å². The Hall–Kier alpha value is -3.36. The zero-order valence-electron chi connectivity index (χ0n) is 14.8. The minimum atomic E-state index is 0.0937. The Morgan fingerprint density at radius 1 is 1.23 bits per heavy atom. The van der Waals surface area contributed by atoms with E-state index in [1.165, 1.54) is 6.33 Å². The Balaban J connectivity index is 1.76. The largest absolute Gasteiger partial charge is 0.365 e. The highest BCUT2D eigenvalue weighted by atomic mass is 15.3. The lowest BCUT2D eigenvalue weighted by Crippen LogP contribution is -2.23. The molecule has 0 aliphatic heterocycles. The van der Waals surface area contributed by atoms with Gasteiger partial charge >= 0.3 is 0 Å². The number of hydrogen-bond donors (Lipinski definition) is 1. The molecule has 132 valence electrons. The van der Waals surface area contributed by atoms with Crippen LogP contribution in [0.15, 0.2) is 37.2 Å². The second kappa shape index (κ2) is 6.51. The maximum atomic E-state index is 4.75. The van der Waals surface area contributed by atoms with E-state index < -0.39 is 0 Å². The van der Waals surface area contributed by atoms with Gasteiger partial charge in [0.15, 0.2) is 11.5 Å². The molecule has 4 aromatic rings. The summed E-state index contributed by atoms with van der Waals surface area (Å²) in [7, 11) is 1.89. The zero-order valence-corrected chi connectivity index (χ0v) is 14.8. The molecule has 0 aliphatic carbocycles. The van der Waals surface area contributed by atoms with Crippen molar-refractivity contribution in [3.63, 3.8) is 0 Å². The van der Waals surface area contributed by atoms with E-state index in [4.69, 9.17) is 9.97 Å². The van der Waals surface area contributed by atoms with Crippen LogP contribution in [0.25, 0.3) is 22.4 Å². The van der Waals surface area contributed by atoms with E-state index in [1.54, 1.807) is 28.1 Å². The van der Waals surface area contributed by atoms with Crippen molar-refractivity contribution in [3.05, 3.63) is 42.9 Å². The van der Waals surface area contributed by atoms with E-state index in [-0.39, 0.29) is 6.04 Å². The molecule has 1 atom stereocenters. The number of hydrogen-bond acceptors (Lipinski definition) is 7. The SMILES string of the molecule is Cc1nn(C)c2nc(-c3cccnc3)nc(NC(C)Cn3cncn3)c12. The number of rotatable bonds is 5. The molecule has 0 bridgehead atoms. The molecule has 4 aromatic heterocycles. The Bertz CT molecular complexity index is 1020. The normalized spacial score (nSPS) is 12.4. The lowest BCUT2D eigenvalue weighted by Gasteiger charge is -2.16. The zero-order chi connectivity index (χ0) is 18.1. The van der Waals surface area contributed by atoms with Crippen LogP contribution in [0, 0.1) is 6.92 Å². The average Bonchev–Trinajstić information content (AvgIpc) is 3.24. The summed E-state index contributed by atoms with van der Waals surface area (Å²) in [4.78, 5) is 17.6. The van der Waals surface area contributed by atoms with Gasteiger partial charge in [-0.3, -0.25) is 14.3 Å². The molecule has 9 nitrogen and oxygen atoms in total. The predicted octanol–water partition coefficient (Wildman–Crippen LogP) is 1.83. The number of aryl methyl sites for hydroxylation is 2. The third kappa shape index (κ3) is 2.99. The molecule has 9 heteroatoms. The van der Waals surface area contributed by atoms with Crippen molar-refractivity contribution < 1.29 is 0 Å². The summed E-state index contributed by atoms with van der Waals surface area (Å²) >= 11 is 0. The molecule has 0 aliphatic rings. The number of nitrogens with one attached hydrogen (secondary N) is 1. The second-order valence-corrected chi connectivity index (χ2v) is 6.21. The molecule has 0 saturated carbocycles. The lowest BCUT2D eigenvalue weighted by atomic mass is 10.2. The lowest BCUT2D eigenvalue weighted by molar-refractivity contribution is 0.558. The van der Waals surface area contributed by atoms with Crippen molar-refractivity contribution in [2.75, 3.05) is 5.32 Å². The van der Waals surface area contributed by atoms with E-state index in [1.807, 2.05) is 26.1 Å². The van der Waals surface area contributed by atoms with Gasteiger partial charge in [-0.05, 0) is 26.0 Å². The quantitative estimate of drug-likeness (QED) is 0.587. The van der Waals surface area contributed by atoms with Gasteiger partial charge < -0.3 is 5.32 Å². The average molecular weight is 349 g/mol. The molecule has 0 amide bonds. The van der Waals surface area contributed by atoms with Gasteiger partial charge in [-0.15, -0.1) is 0 Å². The molecule has 0 radical (unpaired) electrons. The van der Waals surface area contributed by atoms with E-state index >= 15 is 0 Å². The monoisotopic (exact) mass is 349 g/mol. The molecule has 0 spiro atoms. The molecule has 26 heavy (non-hydrogen) atoms. The third-order valence-electron chi connectivity index (χ3n) is 4.09. The van der Waals surface area contributed by atoms with Gasteiger partial charge in [0.2, 0.25) is 0 Å². The molecule has 1 unspecified atom stereocenters. The van der Waals surface area contributed by atoms with Crippen LogP contribution in [0.5, 0.6) is 0 Å². The molecule has 4 heterocycles. The van der Waals surface area contributed by atoms with Gasteiger partial charge in [0.25, 0.3) is 0 Å². The van der Waals surface area contributed by atoms with E-state index in [0.717, 1.165) is 28.1 Å². The number of pyridine rings is 1. The highest BCUT2D eigenvalue weighted by Crippen LogP contribution is 2.27. The molecule has 0 saturated heterocycles. The standard InChI is InChI=1S/C17H19N9/c1-11(8-26-10-19-9-20-26)21-16-14-12(2)24-25(3)17(14)23-15(22-16)13-5-4-6-18-7-13/h4-7,9-11H,8H2,1-3H3,(H,21,22,23). The van der Waals surface area contributed by atoms with Crippen LogP contribution in [0.4, 0.5) is 5.82 Å². The summed E-state index contributed by atoms with van der Waals surface area (Å²) in [5, 5.41) is 13.1. The number of fused-ring (bicyclic) bond motifs is 1. The topological polar surface area (TPSA) is 99.2 Å². The second-order valence-electron chi connectivity index (χ2n) is 6.21. The summed E-state index contributed by atoms with van der Waals surface area (Å²) in [6.45, 7) is 4.71. The molecule has 4 rings (SSSR count). The van der Waals surface area contributed by atoms with Crippen LogP contribution in [-0.4, -0.2) is 45.5 Å². The first-order valence-corrected chi connectivity index (χ1v) is 8.32. The van der Waals surface area contributed by atoms with Crippen molar-refractivity contribution in [3.8, 4) is 11.4 Å². The van der Waals surface area contributed by atoms with Crippen LogP contribution in [-0.2, 0) is 13.6 Å². The first-order valence-electron chi connectivity index (χ1n) is 8.32. The van der Waals surface area contributed by atoms with Crippen LogP contribution in [0.3, 0.4) is 0 Å². The Labute approximate surface area is 150 Å². The maximum Gasteiger partial charge on any atom is 0.165 e. The summed E-state index contributed by atoms with van der Waals surface area (Å²) in [6.07, 6.45) is 6.72. The minimum Gasteiger partial charge on any atom is -0.365 e. The fourth-order valence-corrected chi connectivity index (χ4v) is 2.95. The van der Waals surface area contributed by atoms with Gasteiger partial charge in [0.1, 0.15) is 18.5 Å². The van der Waals surface area contributed by atoms with Gasteiger partial charge in [-0.25, -0.2) is 15.0 Å². The van der Waals surface area contributed by atoms with Crippen LogP contribution >= 0.6 is 0 Å². The van der Waals surface area contributed by atoms with Crippen molar-refractivity contribution in [2.45, 2.75) is 26.4 Å². The number of nitrogens with zero attached hydrogens (tertiary/aromatic N) is 8. The molecular formula is C17H19N9. The molecule has 0 fully saturated rings. The van der Waals surface area contributed by atoms with Gasteiger partial charge in [-0.1, -0.05) is 0 Å². The number of aromatic nitrogens is 8. The fraction of sp³-hybridized carbons (Fsp3) is 0.294. The summed E-state index contributed by atoms with van der Waals surface area (Å²) in [5.74, 6) is 1.37. The predicted molar refractivity (Wildman–Crippen MR) is 97.4 cm³/mol. The van der Waals surface area contributed by atoms with Crippen molar-refractivity contribution in [1.29, 1.82) is 0 Å². The van der Waals surface area contributed by atoms with E-state index in [0.29, 0.717) is 12.4 Å². The molecule has 1 N–H and O–H groups in total. The summed E-state index contributed by atoms with van der Waals surface area (Å²) < 4.78 is 3.56. The highest BCUT2D eigenvalue weighted by molar-refractivity contribution is 5.90. The fourth-order valence-electron chi connectivity index (χ4n) is 2.95. The molecular weight excluding hydrogens is 330 g/mol.